The zero-order valence-corrected chi connectivity index (χ0v) is 14.6. The number of anilines is 2. The number of hydrogen-bond donors (Lipinski definition) is 2. The Morgan fingerprint density at radius 2 is 1.78 bits per heavy atom. The molecule has 0 unspecified atom stereocenters. The van der Waals surface area contributed by atoms with E-state index in [9.17, 15) is 22.8 Å². The molecule has 0 aliphatic heterocycles. The Morgan fingerprint density at radius 3 is 2.41 bits per heavy atom. The number of rotatable bonds is 4. The molecule has 2 aromatic carbocycles. The normalized spacial score (nSPS) is 11.3. The van der Waals surface area contributed by atoms with E-state index in [0.29, 0.717) is 26.6 Å². The first-order valence-corrected chi connectivity index (χ1v) is 8.36. The van der Waals surface area contributed by atoms with Gasteiger partial charge in [0.05, 0.1) is 10.2 Å². The highest BCUT2D eigenvalue weighted by atomic mass is 32.1. The van der Waals surface area contributed by atoms with Crippen molar-refractivity contribution < 1.29 is 27.5 Å². The number of benzene rings is 2. The number of hydrogen-bond acceptors (Lipinski definition) is 5. The molecule has 0 saturated heterocycles. The number of fused-ring (bicyclic) bond motifs is 1. The van der Waals surface area contributed by atoms with E-state index in [1.54, 1.807) is 18.2 Å². The molecule has 10 heteroatoms. The summed E-state index contributed by atoms with van der Waals surface area (Å²) in [6, 6.07) is 9.65. The van der Waals surface area contributed by atoms with Crippen LogP contribution in [0.5, 0.6) is 5.75 Å². The molecule has 0 fully saturated rings. The van der Waals surface area contributed by atoms with Gasteiger partial charge in [-0.05, 0) is 42.5 Å². The minimum atomic E-state index is -4.77. The van der Waals surface area contributed by atoms with Crippen molar-refractivity contribution in [2.75, 3.05) is 10.6 Å². The van der Waals surface area contributed by atoms with Gasteiger partial charge in [0.2, 0.25) is 5.91 Å². The number of halogens is 3. The van der Waals surface area contributed by atoms with E-state index in [1.165, 1.54) is 30.4 Å². The minimum absolute atomic E-state index is 0.245. The average molecular weight is 395 g/mol. The standard InChI is InChI=1S/C17H12F3N3O3S/c1-9(24)21-16-23-13-7-2-10(8-14(13)27-16)15(25)22-11-3-5-12(6-4-11)26-17(18,19)20/h2-8H,1H3,(H,22,25)(H,21,23,24). The van der Waals surface area contributed by atoms with Gasteiger partial charge in [-0.1, -0.05) is 11.3 Å². The van der Waals surface area contributed by atoms with Crippen molar-refractivity contribution in [1.82, 2.24) is 4.98 Å². The summed E-state index contributed by atoms with van der Waals surface area (Å²) in [5, 5.41) is 5.60. The van der Waals surface area contributed by atoms with Gasteiger partial charge in [-0.3, -0.25) is 9.59 Å². The summed E-state index contributed by atoms with van der Waals surface area (Å²) in [4.78, 5) is 27.7. The van der Waals surface area contributed by atoms with E-state index < -0.39 is 12.3 Å². The molecule has 0 radical (unpaired) electrons. The van der Waals surface area contributed by atoms with Crippen LogP contribution in [0.3, 0.4) is 0 Å². The third kappa shape index (κ3) is 4.94. The number of nitrogens with zero attached hydrogens (tertiary/aromatic N) is 1. The Bertz CT molecular complexity index is 1000. The molecule has 0 atom stereocenters. The minimum Gasteiger partial charge on any atom is -0.406 e. The number of ether oxygens (including phenoxy) is 1. The highest BCUT2D eigenvalue weighted by molar-refractivity contribution is 7.22. The molecular formula is C17H12F3N3O3S. The van der Waals surface area contributed by atoms with E-state index in [-0.39, 0.29) is 11.7 Å². The van der Waals surface area contributed by atoms with Gasteiger partial charge >= 0.3 is 6.36 Å². The Kier molecular flexibility index (Phi) is 5.00. The summed E-state index contributed by atoms with van der Waals surface area (Å²) in [6.07, 6.45) is -4.77. The number of carbonyl (C=O) groups is 2. The number of carbonyl (C=O) groups excluding carboxylic acids is 2. The fourth-order valence-corrected chi connectivity index (χ4v) is 3.16. The smallest absolute Gasteiger partial charge is 0.406 e. The SMILES string of the molecule is CC(=O)Nc1nc2ccc(C(=O)Nc3ccc(OC(F)(F)F)cc3)cc2s1. The zero-order chi connectivity index (χ0) is 19.6. The van der Waals surface area contributed by atoms with Crippen molar-refractivity contribution in [1.29, 1.82) is 0 Å². The monoisotopic (exact) mass is 395 g/mol. The summed E-state index contributed by atoms with van der Waals surface area (Å²) < 4.78 is 40.9. The third-order valence-electron chi connectivity index (χ3n) is 3.28. The van der Waals surface area contributed by atoms with Gasteiger partial charge in [0.1, 0.15) is 5.75 Å². The zero-order valence-electron chi connectivity index (χ0n) is 13.8. The van der Waals surface area contributed by atoms with E-state index in [4.69, 9.17) is 0 Å². The maximum Gasteiger partial charge on any atom is 0.573 e. The van der Waals surface area contributed by atoms with Crippen LogP contribution in [0.25, 0.3) is 10.2 Å². The van der Waals surface area contributed by atoms with Crippen molar-refractivity contribution in [3.05, 3.63) is 48.0 Å². The lowest BCUT2D eigenvalue weighted by atomic mass is 10.2. The molecule has 1 heterocycles. The predicted octanol–water partition coefficient (Wildman–Crippen LogP) is 4.41. The summed E-state index contributed by atoms with van der Waals surface area (Å²) in [6.45, 7) is 1.37. The van der Waals surface area contributed by atoms with Crippen LogP contribution in [0.2, 0.25) is 0 Å². The van der Waals surface area contributed by atoms with Gasteiger partial charge < -0.3 is 15.4 Å². The van der Waals surface area contributed by atoms with Crippen LogP contribution in [-0.4, -0.2) is 23.2 Å². The maximum atomic E-state index is 12.3. The van der Waals surface area contributed by atoms with Crippen molar-refractivity contribution in [2.45, 2.75) is 13.3 Å². The lowest BCUT2D eigenvalue weighted by Crippen LogP contribution is -2.17. The molecular weight excluding hydrogens is 383 g/mol. The van der Waals surface area contributed by atoms with Gasteiger partial charge in [0.15, 0.2) is 5.13 Å². The third-order valence-corrected chi connectivity index (χ3v) is 4.21. The lowest BCUT2D eigenvalue weighted by Gasteiger charge is -2.10. The average Bonchev–Trinajstić information content (AvgIpc) is 2.95. The van der Waals surface area contributed by atoms with Crippen LogP contribution >= 0.6 is 11.3 Å². The number of thiazole rings is 1. The topological polar surface area (TPSA) is 80.3 Å². The second kappa shape index (κ2) is 7.23. The van der Waals surface area contributed by atoms with E-state index in [2.05, 4.69) is 20.4 Å². The second-order valence-corrected chi connectivity index (χ2v) is 6.44. The van der Waals surface area contributed by atoms with Crippen LogP contribution in [0.4, 0.5) is 24.0 Å². The van der Waals surface area contributed by atoms with Gasteiger partial charge in [-0.25, -0.2) is 4.98 Å². The quantitative estimate of drug-likeness (QED) is 0.686. The van der Waals surface area contributed by atoms with Crippen LogP contribution in [-0.2, 0) is 4.79 Å². The maximum absolute atomic E-state index is 12.3. The molecule has 0 saturated carbocycles. The molecule has 0 aliphatic rings. The van der Waals surface area contributed by atoms with Crippen LogP contribution < -0.4 is 15.4 Å². The molecule has 27 heavy (non-hydrogen) atoms. The van der Waals surface area contributed by atoms with E-state index in [0.717, 1.165) is 12.1 Å². The Labute approximate surface area is 155 Å². The van der Waals surface area contributed by atoms with Gasteiger partial charge in [-0.2, -0.15) is 0 Å². The summed E-state index contributed by atoms with van der Waals surface area (Å²) in [5.41, 5.74) is 1.29. The molecule has 0 spiro atoms. The lowest BCUT2D eigenvalue weighted by molar-refractivity contribution is -0.274. The summed E-state index contributed by atoms with van der Waals surface area (Å²) in [7, 11) is 0. The summed E-state index contributed by atoms with van der Waals surface area (Å²) in [5.74, 6) is -1.06. The molecule has 0 aliphatic carbocycles. The predicted molar refractivity (Wildman–Crippen MR) is 95.0 cm³/mol. The van der Waals surface area contributed by atoms with Crippen LogP contribution in [0.1, 0.15) is 17.3 Å². The van der Waals surface area contributed by atoms with Gasteiger partial charge in [0.25, 0.3) is 5.91 Å². The van der Waals surface area contributed by atoms with Crippen molar-refractivity contribution in [2.24, 2.45) is 0 Å². The van der Waals surface area contributed by atoms with Crippen molar-refractivity contribution >= 4 is 44.2 Å². The van der Waals surface area contributed by atoms with E-state index >= 15 is 0 Å². The fourth-order valence-electron chi connectivity index (χ4n) is 2.21. The van der Waals surface area contributed by atoms with Crippen molar-refractivity contribution in [3.8, 4) is 5.75 Å². The first kappa shape index (κ1) is 18.6. The van der Waals surface area contributed by atoms with Gasteiger partial charge in [0, 0.05) is 18.2 Å². The van der Waals surface area contributed by atoms with Crippen molar-refractivity contribution in [3.63, 3.8) is 0 Å². The molecule has 3 aromatic rings. The molecule has 2 amide bonds. The molecule has 6 nitrogen and oxygen atoms in total. The Hall–Kier alpha value is -3.14. The second-order valence-electron chi connectivity index (χ2n) is 5.41. The molecule has 0 bridgehead atoms. The number of nitrogens with one attached hydrogen (secondary N) is 2. The highest BCUT2D eigenvalue weighted by Crippen LogP contribution is 2.27. The molecule has 3 rings (SSSR count). The number of aromatic nitrogens is 1. The largest absolute Gasteiger partial charge is 0.573 e. The van der Waals surface area contributed by atoms with Crippen LogP contribution in [0, 0.1) is 0 Å². The fraction of sp³-hybridized carbons (Fsp3) is 0.118. The Balaban J connectivity index is 1.72. The molecule has 2 N–H and O–H groups in total. The first-order valence-electron chi connectivity index (χ1n) is 7.55. The molecule has 1 aromatic heterocycles. The number of alkyl halides is 3. The summed E-state index contributed by atoms with van der Waals surface area (Å²) >= 11 is 1.22. The first-order chi connectivity index (χ1) is 12.7. The highest BCUT2D eigenvalue weighted by Gasteiger charge is 2.30. The molecule has 140 valence electrons. The van der Waals surface area contributed by atoms with Gasteiger partial charge in [-0.15, -0.1) is 13.2 Å². The van der Waals surface area contributed by atoms with Crippen LogP contribution in [0.15, 0.2) is 42.5 Å². The Morgan fingerprint density at radius 1 is 1.07 bits per heavy atom. The number of amides is 2. The van der Waals surface area contributed by atoms with E-state index in [1.807, 2.05) is 0 Å².